The molecule has 21 heavy (non-hydrogen) atoms. The molecule has 3 heteroatoms. The highest BCUT2D eigenvalue weighted by Crippen LogP contribution is 2.16. The molecule has 1 unspecified atom stereocenters. The first-order valence-corrected chi connectivity index (χ1v) is 7.32. The van der Waals surface area contributed by atoms with Crippen LogP contribution in [0.25, 0.3) is 0 Å². The van der Waals surface area contributed by atoms with Gasteiger partial charge >= 0.3 is 0 Å². The molecule has 2 aromatic rings. The van der Waals surface area contributed by atoms with Gasteiger partial charge in [0.25, 0.3) is 0 Å². The zero-order valence-corrected chi connectivity index (χ0v) is 12.5. The lowest BCUT2D eigenvalue weighted by atomic mass is 9.97. The summed E-state index contributed by atoms with van der Waals surface area (Å²) in [5, 5.41) is 3.15. The van der Waals surface area contributed by atoms with Crippen LogP contribution in [0.1, 0.15) is 23.6 Å². The van der Waals surface area contributed by atoms with Gasteiger partial charge in [0.05, 0.1) is 0 Å². The fraction of sp³-hybridized carbons (Fsp3) is 0.333. The standard InChI is InChI=1S/C18H21F2N/c1-3-13-7-9-14(10-8-13)11-15(21-2)12-16-17(19)5-4-6-18(16)20/h4-10,15,21H,3,11-12H2,1-2H3. The summed E-state index contributed by atoms with van der Waals surface area (Å²) in [5.41, 5.74) is 2.62. The summed E-state index contributed by atoms with van der Waals surface area (Å²) in [6.45, 7) is 2.12. The molecule has 0 saturated heterocycles. The molecule has 0 aliphatic heterocycles. The maximum Gasteiger partial charge on any atom is 0.129 e. The number of hydrogen-bond donors (Lipinski definition) is 1. The van der Waals surface area contributed by atoms with Gasteiger partial charge in [0.2, 0.25) is 0 Å². The Morgan fingerprint density at radius 3 is 2.00 bits per heavy atom. The fourth-order valence-electron chi connectivity index (χ4n) is 2.45. The lowest BCUT2D eigenvalue weighted by Crippen LogP contribution is -2.30. The van der Waals surface area contributed by atoms with E-state index in [0.29, 0.717) is 6.42 Å². The van der Waals surface area contributed by atoms with Crippen molar-refractivity contribution in [2.75, 3.05) is 7.05 Å². The minimum Gasteiger partial charge on any atom is -0.316 e. The van der Waals surface area contributed by atoms with Crippen molar-refractivity contribution < 1.29 is 8.78 Å². The second kappa shape index (κ2) is 7.32. The van der Waals surface area contributed by atoms with Crippen LogP contribution < -0.4 is 5.32 Å². The summed E-state index contributed by atoms with van der Waals surface area (Å²) in [4.78, 5) is 0. The van der Waals surface area contributed by atoms with E-state index in [9.17, 15) is 8.78 Å². The van der Waals surface area contributed by atoms with Crippen molar-refractivity contribution in [1.82, 2.24) is 5.32 Å². The first-order valence-electron chi connectivity index (χ1n) is 7.32. The first-order chi connectivity index (χ1) is 10.1. The highest BCUT2D eigenvalue weighted by Gasteiger charge is 2.15. The summed E-state index contributed by atoms with van der Waals surface area (Å²) >= 11 is 0. The third-order valence-corrected chi connectivity index (χ3v) is 3.83. The number of rotatable bonds is 6. The summed E-state index contributed by atoms with van der Waals surface area (Å²) in [6, 6.07) is 12.4. The second-order valence-corrected chi connectivity index (χ2v) is 5.26. The Morgan fingerprint density at radius 2 is 1.48 bits per heavy atom. The number of nitrogens with one attached hydrogen (secondary N) is 1. The van der Waals surface area contributed by atoms with Gasteiger partial charge in [-0.25, -0.2) is 8.78 Å². The molecular weight excluding hydrogens is 268 g/mol. The highest BCUT2D eigenvalue weighted by molar-refractivity contribution is 5.25. The van der Waals surface area contributed by atoms with Crippen molar-refractivity contribution >= 4 is 0 Å². The van der Waals surface area contributed by atoms with E-state index < -0.39 is 11.6 Å². The van der Waals surface area contributed by atoms with E-state index >= 15 is 0 Å². The smallest absolute Gasteiger partial charge is 0.129 e. The van der Waals surface area contributed by atoms with E-state index in [1.807, 2.05) is 7.05 Å². The molecule has 112 valence electrons. The van der Waals surface area contributed by atoms with Crippen LogP contribution in [-0.4, -0.2) is 13.1 Å². The van der Waals surface area contributed by atoms with E-state index in [-0.39, 0.29) is 11.6 Å². The molecule has 0 bridgehead atoms. The SMILES string of the molecule is CCc1ccc(CC(Cc2c(F)cccc2F)NC)cc1. The third kappa shape index (κ3) is 4.11. The third-order valence-electron chi connectivity index (χ3n) is 3.83. The Kier molecular flexibility index (Phi) is 5.45. The van der Waals surface area contributed by atoms with Crippen molar-refractivity contribution in [2.24, 2.45) is 0 Å². The van der Waals surface area contributed by atoms with Gasteiger partial charge in [-0.05, 0) is 49.6 Å². The van der Waals surface area contributed by atoms with Crippen LogP contribution in [0.15, 0.2) is 42.5 Å². The van der Waals surface area contributed by atoms with Gasteiger partial charge in [0.15, 0.2) is 0 Å². The molecule has 2 rings (SSSR count). The van der Waals surface area contributed by atoms with Crippen LogP contribution in [0, 0.1) is 11.6 Å². The predicted octanol–water partition coefficient (Wildman–Crippen LogP) is 3.90. The van der Waals surface area contributed by atoms with Crippen molar-refractivity contribution in [3.63, 3.8) is 0 Å². The van der Waals surface area contributed by atoms with Gasteiger partial charge < -0.3 is 5.32 Å². The zero-order chi connectivity index (χ0) is 15.2. The molecule has 1 nitrogen and oxygen atoms in total. The number of likely N-dealkylation sites (N-methyl/N-ethyl adjacent to an activating group) is 1. The van der Waals surface area contributed by atoms with Gasteiger partial charge in [0.1, 0.15) is 11.6 Å². The molecule has 1 atom stereocenters. The lowest BCUT2D eigenvalue weighted by molar-refractivity contribution is 0.502. The topological polar surface area (TPSA) is 12.0 Å². The summed E-state index contributed by atoms with van der Waals surface area (Å²) in [5.74, 6) is -0.951. The Balaban J connectivity index is 2.09. The number of hydrogen-bond acceptors (Lipinski definition) is 1. The van der Waals surface area contributed by atoms with E-state index in [4.69, 9.17) is 0 Å². The zero-order valence-electron chi connectivity index (χ0n) is 12.5. The molecular formula is C18H21F2N. The number of benzene rings is 2. The average Bonchev–Trinajstić information content (AvgIpc) is 2.50. The Morgan fingerprint density at radius 1 is 0.905 bits per heavy atom. The quantitative estimate of drug-likeness (QED) is 0.850. The molecule has 0 aromatic heterocycles. The fourth-order valence-corrected chi connectivity index (χ4v) is 2.45. The van der Waals surface area contributed by atoms with Gasteiger partial charge in [-0.3, -0.25) is 0 Å². The van der Waals surface area contributed by atoms with E-state index in [1.54, 1.807) is 0 Å². The molecule has 0 fully saturated rings. The van der Waals surface area contributed by atoms with Gasteiger partial charge in [-0.1, -0.05) is 37.3 Å². The summed E-state index contributed by atoms with van der Waals surface area (Å²) in [6.07, 6.45) is 2.09. The molecule has 0 aliphatic carbocycles. The maximum absolute atomic E-state index is 13.7. The van der Waals surface area contributed by atoms with Crippen LogP contribution in [-0.2, 0) is 19.3 Å². The molecule has 2 aromatic carbocycles. The van der Waals surface area contributed by atoms with E-state index in [2.05, 4.69) is 36.5 Å². The Bertz CT molecular complexity index is 558. The number of halogens is 2. The normalized spacial score (nSPS) is 12.4. The van der Waals surface area contributed by atoms with Crippen LogP contribution in [0.4, 0.5) is 8.78 Å². The molecule has 1 N–H and O–H groups in total. The van der Waals surface area contributed by atoms with Crippen molar-refractivity contribution in [1.29, 1.82) is 0 Å². The molecule has 0 heterocycles. The minimum atomic E-state index is -0.475. The minimum absolute atomic E-state index is 0.00359. The average molecular weight is 289 g/mol. The molecule has 0 radical (unpaired) electrons. The van der Waals surface area contributed by atoms with Crippen molar-refractivity contribution in [3.8, 4) is 0 Å². The summed E-state index contributed by atoms with van der Waals surface area (Å²) < 4.78 is 27.4. The largest absolute Gasteiger partial charge is 0.316 e. The molecule has 0 aliphatic rings. The Labute approximate surface area is 125 Å². The van der Waals surface area contributed by atoms with Crippen LogP contribution in [0.3, 0.4) is 0 Å². The van der Waals surface area contributed by atoms with Crippen LogP contribution >= 0.6 is 0 Å². The monoisotopic (exact) mass is 289 g/mol. The van der Waals surface area contributed by atoms with Gasteiger partial charge in [-0.2, -0.15) is 0 Å². The van der Waals surface area contributed by atoms with Crippen LogP contribution in [0.5, 0.6) is 0 Å². The second-order valence-electron chi connectivity index (χ2n) is 5.26. The van der Waals surface area contributed by atoms with Gasteiger partial charge in [-0.15, -0.1) is 0 Å². The molecule has 0 amide bonds. The van der Waals surface area contributed by atoms with Gasteiger partial charge in [0, 0.05) is 11.6 Å². The first kappa shape index (κ1) is 15.6. The van der Waals surface area contributed by atoms with Crippen molar-refractivity contribution in [2.45, 2.75) is 32.2 Å². The Hall–Kier alpha value is -1.74. The van der Waals surface area contributed by atoms with E-state index in [0.717, 1.165) is 12.8 Å². The molecule has 0 spiro atoms. The van der Waals surface area contributed by atoms with Crippen molar-refractivity contribution in [3.05, 3.63) is 70.8 Å². The van der Waals surface area contributed by atoms with E-state index in [1.165, 1.54) is 29.3 Å². The summed E-state index contributed by atoms with van der Waals surface area (Å²) in [7, 11) is 1.82. The van der Waals surface area contributed by atoms with Crippen LogP contribution in [0.2, 0.25) is 0 Å². The molecule has 0 saturated carbocycles. The predicted molar refractivity (Wildman–Crippen MR) is 82.4 cm³/mol. The lowest BCUT2D eigenvalue weighted by Gasteiger charge is -2.17. The highest BCUT2D eigenvalue weighted by atomic mass is 19.1. The number of aryl methyl sites for hydroxylation is 1. The maximum atomic E-state index is 13.7.